The van der Waals surface area contributed by atoms with Crippen LogP contribution in [0.2, 0.25) is 0 Å². The van der Waals surface area contributed by atoms with Gasteiger partial charge in [0.1, 0.15) is 0 Å². The van der Waals surface area contributed by atoms with E-state index in [-0.39, 0.29) is 0 Å². The number of nitrogens with zero attached hydrogens (tertiary/aromatic N) is 1. The summed E-state index contributed by atoms with van der Waals surface area (Å²) >= 11 is 1.85. The largest absolute Gasteiger partial charge is 0.399 e. The molecular weight excluding hydrogens is 252 g/mol. The molecule has 0 radical (unpaired) electrons. The number of hydrogen-bond acceptors (Lipinski definition) is 3. The van der Waals surface area contributed by atoms with Crippen molar-refractivity contribution in [1.82, 2.24) is 0 Å². The predicted molar refractivity (Wildman–Crippen MR) is 85.2 cm³/mol. The molecule has 0 bridgehead atoms. The van der Waals surface area contributed by atoms with E-state index in [9.17, 15) is 0 Å². The fourth-order valence-corrected chi connectivity index (χ4v) is 4.02. The number of benzene rings is 2. The highest BCUT2D eigenvalue weighted by atomic mass is 32.1. The number of hydrogen-bond donors (Lipinski definition) is 1. The standard InChI is InChI=1S/C16H16N2S/c17-11-3-5-15-13(9-11)14-10-12(4-6-16(14)19-15)18-7-1-2-8-18/h3-6,9-10H,1-2,7-8,17H2. The van der Waals surface area contributed by atoms with E-state index in [4.69, 9.17) is 5.73 Å². The molecule has 3 heteroatoms. The number of thiophene rings is 1. The molecule has 1 saturated heterocycles. The van der Waals surface area contributed by atoms with Gasteiger partial charge >= 0.3 is 0 Å². The van der Waals surface area contributed by atoms with Crippen molar-refractivity contribution >= 4 is 42.9 Å². The van der Waals surface area contributed by atoms with Crippen LogP contribution in [0.25, 0.3) is 20.2 Å². The second-order valence-electron chi connectivity index (χ2n) is 5.23. The number of nitrogen functional groups attached to an aromatic ring is 1. The minimum absolute atomic E-state index is 0.846. The summed E-state index contributed by atoms with van der Waals surface area (Å²) in [4.78, 5) is 2.48. The first-order chi connectivity index (χ1) is 9.31. The Balaban J connectivity index is 1.95. The Hall–Kier alpha value is -1.74. The van der Waals surface area contributed by atoms with Crippen molar-refractivity contribution in [1.29, 1.82) is 0 Å². The molecule has 96 valence electrons. The Bertz CT molecular complexity index is 754. The van der Waals surface area contributed by atoms with Crippen LogP contribution in [0.3, 0.4) is 0 Å². The van der Waals surface area contributed by atoms with Crippen molar-refractivity contribution in [3.8, 4) is 0 Å². The van der Waals surface area contributed by atoms with Crippen molar-refractivity contribution in [3.63, 3.8) is 0 Å². The SMILES string of the molecule is Nc1ccc2sc3ccc(N4CCCC4)cc3c2c1. The maximum absolute atomic E-state index is 5.93. The summed E-state index contributed by atoms with van der Waals surface area (Å²) in [6.07, 6.45) is 2.63. The summed E-state index contributed by atoms with van der Waals surface area (Å²) in [6.45, 7) is 2.38. The average molecular weight is 268 g/mol. The molecule has 4 rings (SSSR count). The lowest BCUT2D eigenvalue weighted by Gasteiger charge is -2.17. The van der Waals surface area contributed by atoms with Crippen molar-refractivity contribution < 1.29 is 0 Å². The molecule has 2 heterocycles. The van der Waals surface area contributed by atoms with Crippen LogP contribution in [0.5, 0.6) is 0 Å². The van der Waals surface area contributed by atoms with Gasteiger partial charge in [0.2, 0.25) is 0 Å². The quantitative estimate of drug-likeness (QED) is 0.669. The topological polar surface area (TPSA) is 29.3 Å². The van der Waals surface area contributed by atoms with Crippen LogP contribution in [0.1, 0.15) is 12.8 Å². The van der Waals surface area contributed by atoms with Gasteiger partial charge < -0.3 is 10.6 Å². The van der Waals surface area contributed by atoms with Crippen molar-refractivity contribution in [2.45, 2.75) is 12.8 Å². The van der Waals surface area contributed by atoms with Gasteiger partial charge in [-0.25, -0.2) is 0 Å². The third-order valence-corrected chi connectivity index (χ3v) is 5.10. The zero-order valence-corrected chi connectivity index (χ0v) is 11.5. The van der Waals surface area contributed by atoms with E-state index >= 15 is 0 Å². The minimum Gasteiger partial charge on any atom is -0.399 e. The first-order valence-corrected chi connectivity index (χ1v) is 7.60. The second kappa shape index (κ2) is 4.14. The molecule has 0 spiro atoms. The second-order valence-corrected chi connectivity index (χ2v) is 6.32. The van der Waals surface area contributed by atoms with Crippen molar-refractivity contribution in [3.05, 3.63) is 36.4 Å². The van der Waals surface area contributed by atoms with Crippen LogP contribution < -0.4 is 10.6 Å². The molecule has 1 aliphatic rings. The van der Waals surface area contributed by atoms with E-state index in [0.717, 1.165) is 5.69 Å². The molecule has 2 nitrogen and oxygen atoms in total. The van der Waals surface area contributed by atoms with Crippen LogP contribution in [-0.4, -0.2) is 13.1 Å². The van der Waals surface area contributed by atoms with Gasteiger partial charge in [0.25, 0.3) is 0 Å². The number of rotatable bonds is 1. The lowest BCUT2D eigenvalue weighted by Crippen LogP contribution is -2.17. The maximum atomic E-state index is 5.93. The average Bonchev–Trinajstić information content (AvgIpc) is 3.05. The molecule has 0 atom stereocenters. The fraction of sp³-hybridized carbons (Fsp3) is 0.250. The summed E-state index contributed by atoms with van der Waals surface area (Å²) in [6, 6.07) is 13.1. The Morgan fingerprint density at radius 1 is 0.895 bits per heavy atom. The van der Waals surface area contributed by atoms with Gasteiger partial charge in [-0.15, -0.1) is 11.3 Å². The monoisotopic (exact) mass is 268 g/mol. The molecule has 1 aromatic heterocycles. The molecule has 2 aromatic carbocycles. The predicted octanol–water partition coefficient (Wildman–Crippen LogP) is 4.24. The van der Waals surface area contributed by atoms with E-state index in [1.54, 1.807) is 0 Å². The van der Waals surface area contributed by atoms with E-state index in [2.05, 4.69) is 35.2 Å². The van der Waals surface area contributed by atoms with Gasteiger partial charge in [0, 0.05) is 44.6 Å². The number of nitrogens with two attached hydrogens (primary N) is 1. The van der Waals surface area contributed by atoms with Gasteiger partial charge in [-0.2, -0.15) is 0 Å². The fourth-order valence-electron chi connectivity index (χ4n) is 2.96. The minimum atomic E-state index is 0.846. The smallest absolute Gasteiger partial charge is 0.0373 e. The van der Waals surface area contributed by atoms with Gasteiger partial charge in [-0.1, -0.05) is 0 Å². The molecule has 2 N–H and O–H groups in total. The van der Waals surface area contributed by atoms with Crippen LogP contribution in [0.4, 0.5) is 11.4 Å². The van der Waals surface area contributed by atoms with Gasteiger partial charge in [-0.3, -0.25) is 0 Å². The maximum Gasteiger partial charge on any atom is 0.0373 e. The van der Waals surface area contributed by atoms with Crippen LogP contribution in [0, 0.1) is 0 Å². The molecule has 19 heavy (non-hydrogen) atoms. The molecule has 1 aliphatic heterocycles. The first-order valence-electron chi connectivity index (χ1n) is 6.78. The van der Waals surface area contributed by atoms with E-state index in [0.29, 0.717) is 0 Å². The summed E-state index contributed by atoms with van der Waals surface area (Å²) in [7, 11) is 0. The summed E-state index contributed by atoms with van der Waals surface area (Å²) < 4.78 is 2.67. The van der Waals surface area contributed by atoms with E-state index in [1.165, 1.54) is 51.8 Å². The Morgan fingerprint density at radius 3 is 2.37 bits per heavy atom. The summed E-state index contributed by atoms with van der Waals surface area (Å²) in [5.74, 6) is 0. The molecule has 0 aliphatic carbocycles. The molecule has 0 unspecified atom stereocenters. The van der Waals surface area contributed by atoms with Crippen molar-refractivity contribution in [2.24, 2.45) is 0 Å². The van der Waals surface area contributed by atoms with Crippen molar-refractivity contribution in [2.75, 3.05) is 23.7 Å². The van der Waals surface area contributed by atoms with E-state index < -0.39 is 0 Å². The van der Waals surface area contributed by atoms with Gasteiger partial charge in [0.15, 0.2) is 0 Å². The lowest BCUT2D eigenvalue weighted by atomic mass is 10.1. The van der Waals surface area contributed by atoms with Gasteiger partial charge in [-0.05, 0) is 49.2 Å². The molecule has 3 aromatic rings. The van der Waals surface area contributed by atoms with Crippen LogP contribution in [0.15, 0.2) is 36.4 Å². The normalized spacial score (nSPS) is 15.7. The zero-order chi connectivity index (χ0) is 12.8. The third-order valence-electron chi connectivity index (χ3n) is 3.95. The number of fused-ring (bicyclic) bond motifs is 3. The molecule has 0 saturated carbocycles. The van der Waals surface area contributed by atoms with E-state index in [1.807, 2.05) is 17.4 Å². The van der Waals surface area contributed by atoms with Crippen LogP contribution in [-0.2, 0) is 0 Å². The third kappa shape index (κ3) is 1.77. The first kappa shape index (κ1) is 11.1. The highest BCUT2D eigenvalue weighted by Gasteiger charge is 2.14. The molecule has 0 amide bonds. The zero-order valence-electron chi connectivity index (χ0n) is 10.7. The molecular formula is C16H16N2S. The lowest BCUT2D eigenvalue weighted by molar-refractivity contribution is 0.949. The highest BCUT2D eigenvalue weighted by Crippen LogP contribution is 2.37. The van der Waals surface area contributed by atoms with Gasteiger partial charge in [0.05, 0.1) is 0 Å². The Labute approximate surface area is 116 Å². The highest BCUT2D eigenvalue weighted by molar-refractivity contribution is 7.25. The number of anilines is 2. The molecule has 1 fully saturated rings. The Kier molecular flexibility index (Phi) is 2.42. The Morgan fingerprint density at radius 2 is 1.58 bits per heavy atom. The summed E-state index contributed by atoms with van der Waals surface area (Å²) in [5, 5.41) is 2.64. The van der Waals surface area contributed by atoms with Crippen LogP contribution >= 0.6 is 11.3 Å². The summed E-state index contributed by atoms with van der Waals surface area (Å²) in [5.41, 5.74) is 8.13.